The monoisotopic (exact) mass is 432 g/mol. The molecule has 0 amide bonds. The van der Waals surface area contributed by atoms with Crippen LogP contribution in [0.5, 0.6) is 0 Å². The lowest BCUT2D eigenvalue weighted by Gasteiger charge is -2.48. The minimum absolute atomic E-state index is 0.100. The van der Waals surface area contributed by atoms with E-state index in [9.17, 15) is 8.42 Å². The van der Waals surface area contributed by atoms with Crippen LogP contribution >= 0.6 is 11.6 Å². The van der Waals surface area contributed by atoms with Gasteiger partial charge >= 0.3 is 0 Å². The number of rotatable bonds is 5. The lowest BCUT2D eigenvalue weighted by atomic mass is 9.69. The summed E-state index contributed by atoms with van der Waals surface area (Å²) < 4.78 is 28.5. The Labute approximate surface area is 179 Å². The second-order valence-corrected chi connectivity index (χ2v) is 10.7. The number of sulfonamides is 1. The van der Waals surface area contributed by atoms with Crippen LogP contribution in [0, 0.1) is 0 Å². The molecule has 1 saturated heterocycles. The molecule has 4 nitrogen and oxygen atoms in total. The summed E-state index contributed by atoms with van der Waals surface area (Å²) in [6, 6.07) is 14.9. The number of hydrogen-bond donors (Lipinski definition) is 0. The van der Waals surface area contributed by atoms with E-state index >= 15 is 0 Å². The average molecular weight is 433 g/mol. The molecule has 1 fully saturated rings. The Balaban J connectivity index is 1.64. The Bertz CT molecular complexity index is 951. The number of halogens is 1. The van der Waals surface area contributed by atoms with Gasteiger partial charge in [0.25, 0.3) is 0 Å². The van der Waals surface area contributed by atoms with Crippen LogP contribution < -0.4 is 0 Å². The fourth-order valence-corrected chi connectivity index (χ4v) is 6.41. The summed E-state index contributed by atoms with van der Waals surface area (Å²) in [6.07, 6.45) is 4.43. The zero-order valence-corrected chi connectivity index (χ0v) is 18.6. The molecule has 2 aliphatic heterocycles. The molecule has 6 heteroatoms. The molecular weight excluding hydrogens is 404 g/mol. The largest absolute Gasteiger partial charge is 0.303 e. The second kappa shape index (κ2) is 8.38. The molecule has 0 aliphatic carbocycles. The highest BCUT2D eigenvalue weighted by atomic mass is 35.5. The molecule has 0 bridgehead atoms. The summed E-state index contributed by atoms with van der Waals surface area (Å²) in [5, 5.41) is 0.545. The summed E-state index contributed by atoms with van der Waals surface area (Å²) in [7, 11) is -3.56. The van der Waals surface area contributed by atoms with Gasteiger partial charge < -0.3 is 4.90 Å². The molecule has 1 spiro atoms. The van der Waals surface area contributed by atoms with Crippen molar-refractivity contribution >= 4 is 21.6 Å². The number of benzene rings is 2. The van der Waals surface area contributed by atoms with E-state index < -0.39 is 10.0 Å². The third-order valence-corrected chi connectivity index (χ3v) is 8.56. The molecule has 2 aliphatic rings. The molecule has 0 atom stereocenters. The third kappa shape index (κ3) is 4.11. The highest BCUT2D eigenvalue weighted by Crippen LogP contribution is 2.43. The summed E-state index contributed by atoms with van der Waals surface area (Å²) >= 11 is 5.97. The van der Waals surface area contributed by atoms with E-state index in [0.717, 1.165) is 38.0 Å². The first-order chi connectivity index (χ1) is 13.9. The Morgan fingerprint density at radius 2 is 1.72 bits per heavy atom. The molecule has 2 aromatic carbocycles. The van der Waals surface area contributed by atoms with E-state index in [0.29, 0.717) is 23.0 Å². The van der Waals surface area contributed by atoms with Crippen molar-refractivity contribution in [3.8, 4) is 0 Å². The van der Waals surface area contributed by atoms with Crippen molar-refractivity contribution in [3.05, 3.63) is 64.7 Å². The molecule has 0 unspecified atom stereocenters. The Hall–Kier alpha value is -1.40. The maximum atomic E-state index is 13.4. The molecule has 2 aromatic rings. The van der Waals surface area contributed by atoms with Crippen LogP contribution in [0.3, 0.4) is 0 Å². The van der Waals surface area contributed by atoms with Gasteiger partial charge in [0.05, 0.1) is 4.90 Å². The minimum atomic E-state index is -3.56. The number of piperidine rings is 1. The van der Waals surface area contributed by atoms with Crippen LogP contribution in [0.1, 0.15) is 43.7 Å². The van der Waals surface area contributed by atoms with Crippen LogP contribution in [0.25, 0.3) is 0 Å². The van der Waals surface area contributed by atoms with Gasteiger partial charge in [-0.25, -0.2) is 8.42 Å². The number of unbranched alkanes of at least 4 members (excludes halogenated alkanes) is 1. The van der Waals surface area contributed by atoms with Crippen molar-refractivity contribution in [2.75, 3.05) is 26.2 Å². The van der Waals surface area contributed by atoms with Crippen molar-refractivity contribution < 1.29 is 8.42 Å². The van der Waals surface area contributed by atoms with Gasteiger partial charge in [-0.05, 0) is 74.3 Å². The topological polar surface area (TPSA) is 40.6 Å². The van der Waals surface area contributed by atoms with Crippen molar-refractivity contribution in [2.45, 2.75) is 49.5 Å². The summed E-state index contributed by atoms with van der Waals surface area (Å²) in [4.78, 5) is 2.85. The number of fused-ring (bicyclic) bond motifs is 2. The first kappa shape index (κ1) is 20.9. The molecule has 0 saturated carbocycles. The lowest BCUT2D eigenvalue weighted by Crippen LogP contribution is -2.53. The minimum Gasteiger partial charge on any atom is -0.303 e. The molecule has 0 aromatic heterocycles. The van der Waals surface area contributed by atoms with Crippen molar-refractivity contribution in [1.82, 2.24) is 9.21 Å². The van der Waals surface area contributed by atoms with Gasteiger partial charge in [-0.1, -0.05) is 49.2 Å². The fourth-order valence-electron chi connectivity index (χ4n) is 4.78. The molecule has 2 heterocycles. The molecule has 29 heavy (non-hydrogen) atoms. The summed E-state index contributed by atoms with van der Waals surface area (Å²) in [5.74, 6) is 0. The normalized spacial score (nSPS) is 19.9. The smallest absolute Gasteiger partial charge is 0.243 e. The van der Waals surface area contributed by atoms with Gasteiger partial charge in [0.2, 0.25) is 10.0 Å². The van der Waals surface area contributed by atoms with Gasteiger partial charge in [-0.3, -0.25) is 0 Å². The van der Waals surface area contributed by atoms with Gasteiger partial charge in [0.1, 0.15) is 0 Å². The van der Waals surface area contributed by atoms with E-state index in [1.165, 1.54) is 18.4 Å². The van der Waals surface area contributed by atoms with E-state index in [1.54, 1.807) is 28.6 Å². The van der Waals surface area contributed by atoms with Crippen LogP contribution in [0.4, 0.5) is 0 Å². The maximum absolute atomic E-state index is 13.4. The van der Waals surface area contributed by atoms with Crippen LogP contribution in [0.2, 0.25) is 5.02 Å². The quantitative estimate of drug-likeness (QED) is 0.688. The van der Waals surface area contributed by atoms with E-state index in [-0.39, 0.29) is 5.41 Å². The van der Waals surface area contributed by atoms with Gasteiger partial charge in [-0.15, -0.1) is 0 Å². The van der Waals surface area contributed by atoms with Gasteiger partial charge in [0.15, 0.2) is 0 Å². The lowest BCUT2D eigenvalue weighted by molar-refractivity contribution is 0.128. The highest BCUT2D eigenvalue weighted by molar-refractivity contribution is 7.89. The van der Waals surface area contributed by atoms with Gasteiger partial charge in [-0.2, -0.15) is 4.31 Å². The summed E-state index contributed by atoms with van der Waals surface area (Å²) in [6.45, 7) is 6.41. The van der Waals surface area contributed by atoms with E-state index in [1.807, 2.05) is 6.07 Å². The zero-order chi connectivity index (χ0) is 20.5. The van der Waals surface area contributed by atoms with Crippen LogP contribution in [-0.2, 0) is 22.0 Å². The SMILES string of the molecule is CCCCN1CCC2(CC1)CN(S(=O)(=O)c1ccc(Cl)cc1)Cc1ccccc12. The average Bonchev–Trinajstić information content (AvgIpc) is 2.74. The predicted molar refractivity (Wildman–Crippen MR) is 118 cm³/mol. The first-order valence-electron chi connectivity index (χ1n) is 10.5. The molecule has 0 radical (unpaired) electrons. The van der Waals surface area contributed by atoms with E-state index in [2.05, 4.69) is 30.0 Å². The third-order valence-electron chi connectivity index (χ3n) is 6.51. The van der Waals surface area contributed by atoms with Crippen LogP contribution in [-0.4, -0.2) is 43.8 Å². The number of hydrogen-bond acceptors (Lipinski definition) is 3. The van der Waals surface area contributed by atoms with Crippen molar-refractivity contribution in [1.29, 1.82) is 0 Å². The zero-order valence-electron chi connectivity index (χ0n) is 17.0. The summed E-state index contributed by atoms with van der Waals surface area (Å²) in [5.41, 5.74) is 2.38. The highest BCUT2D eigenvalue weighted by Gasteiger charge is 2.44. The number of nitrogens with zero attached hydrogens (tertiary/aromatic N) is 2. The number of likely N-dealkylation sites (tertiary alicyclic amines) is 1. The van der Waals surface area contributed by atoms with Crippen molar-refractivity contribution in [2.24, 2.45) is 0 Å². The second-order valence-electron chi connectivity index (χ2n) is 8.36. The Morgan fingerprint density at radius 3 is 2.41 bits per heavy atom. The fraction of sp³-hybridized carbons (Fsp3) is 0.478. The molecule has 0 N–H and O–H groups in total. The Kier molecular flexibility index (Phi) is 6.03. The van der Waals surface area contributed by atoms with Crippen molar-refractivity contribution in [3.63, 3.8) is 0 Å². The van der Waals surface area contributed by atoms with Crippen LogP contribution in [0.15, 0.2) is 53.4 Å². The first-order valence-corrected chi connectivity index (χ1v) is 12.3. The molecular formula is C23H29ClN2O2S. The Morgan fingerprint density at radius 1 is 1.03 bits per heavy atom. The standard InChI is InChI=1S/C23H29ClN2O2S/c1-2-3-14-25-15-12-23(13-16-25)18-26(17-19-6-4-5-7-22(19)23)29(27,28)21-10-8-20(24)9-11-21/h4-11H,2-3,12-18H2,1H3. The maximum Gasteiger partial charge on any atom is 0.243 e. The predicted octanol–water partition coefficient (Wildman–Crippen LogP) is 4.68. The van der Waals surface area contributed by atoms with Gasteiger partial charge in [0, 0.05) is 23.5 Å². The molecule has 4 rings (SSSR count). The molecule has 156 valence electrons. The van der Waals surface area contributed by atoms with E-state index in [4.69, 9.17) is 11.6 Å².